The van der Waals surface area contributed by atoms with Crippen molar-refractivity contribution in [3.8, 4) is 0 Å². The first-order valence-electron chi connectivity index (χ1n) is 21.0. The minimum Gasteiger partial charge on any atom is -0.481 e. The lowest BCUT2D eigenvalue weighted by atomic mass is 9.32. The van der Waals surface area contributed by atoms with Crippen LogP contribution in [0.2, 0.25) is 0 Å². The summed E-state index contributed by atoms with van der Waals surface area (Å²) in [5, 5.41) is 14.0. The molecule has 2 N–H and O–H groups in total. The van der Waals surface area contributed by atoms with Crippen LogP contribution in [-0.4, -0.2) is 86.4 Å². The summed E-state index contributed by atoms with van der Waals surface area (Å²) in [6.07, 6.45) is 11.6. The van der Waals surface area contributed by atoms with Gasteiger partial charge >= 0.3 is 18.2 Å². The van der Waals surface area contributed by atoms with Crippen molar-refractivity contribution in [3.63, 3.8) is 0 Å². The molecule has 10 nitrogen and oxygen atoms in total. The lowest BCUT2D eigenvalue weighted by Gasteiger charge is -2.72. The average molecular weight is 729 g/mol. The molecule has 0 radical (unpaired) electrons. The van der Waals surface area contributed by atoms with Crippen LogP contribution in [0.3, 0.4) is 0 Å². The van der Waals surface area contributed by atoms with E-state index < -0.39 is 17.5 Å². The average Bonchev–Trinajstić information content (AvgIpc) is 3.82. The highest BCUT2D eigenvalue weighted by molar-refractivity contribution is 5.76. The quantitative estimate of drug-likeness (QED) is 0.171. The number of carbonyl (C=O) groups is 3. The van der Waals surface area contributed by atoms with E-state index in [4.69, 9.17) is 18.9 Å². The zero-order valence-corrected chi connectivity index (χ0v) is 33.0. The molecular formula is C42H68N2O8. The van der Waals surface area contributed by atoms with Crippen LogP contribution in [0, 0.1) is 62.6 Å². The topological polar surface area (TPSA) is 124 Å². The summed E-state index contributed by atoms with van der Waals surface area (Å²) in [6.45, 7) is 19.3. The number of hydrogen-bond donors (Lipinski definition) is 2. The number of ether oxygens (including phenoxy) is 4. The number of nitrogens with one attached hydrogen (secondary N) is 1. The molecule has 5 unspecified atom stereocenters. The smallest absolute Gasteiger partial charge is 0.481 e. The maximum absolute atomic E-state index is 13.3. The van der Waals surface area contributed by atoms with Crippen molar-refractivity contribution in [2.75, 3.05) is 46.1 Å². The molecule has 0 aromatic heterocycles. The van der Waals surface area contributed by atoms with Crippen molar-refractivity contribution in [2.24, 2.45) is 62.6 Å². The summed E-state index contributed by atoms with van der Waals surface area (Å²) in [5.74, 6) is 1.01. The Morgan fingerprint density at radius 1 is 0.846 bits per heavy atom. The van der Waals surface area contributed by atoms with Crippen molar-refractivity contribution in [3.05, 3.63) is 0 Å². The van der Waals surface area contributed by atoms with Crippen LogP contribution in [0.25, 0.3) is 0 Å². The molecule has 52 heavy (non-hydrogen) atoms. The van der Waals surface area contributed by atoms with Gasteiger partial charge < -0.3 is 29.4 Å². The number of rotatable bonds is 10. The van der Waals surface area contributed by atoms with Gasteiger partial charge in [0.15, 0.2) is 0 Å². The molecule has 7 aliphatic rings. The van der Waals surface area contributed by atoms with E-state index in [2.05, 4.69) is 51.8 Å². The summed E-state index contributed by atoms with van der Waals surface area (Å²) < 4.78 is 22.8. The zero-order chi connectivity index (χ0) is 37.1. The van der Waals surface area contributed by atoms with Gasteiger partial charge in [0, 0.05) is 31.1 Å². The summed E-state index contributed by atoms with van der Waals surface area (Å²) >= 11 is 0. The van der Waals surface area contributed by atoms with Gasteiger partial charge in [-0.1, -0.05) is 41.5 Å². The predicted octanol–water partition coefficient (Wildman–Crippen LogP) is 7.92. The van der Waals surface area contributed by atoms with Crippen LogP contribution >= 0.6 is 0 Å². The molecule has 1 aliphatic heterocycles. The molecule has 11 atom stereocenters. The van der Waals surface area contributed by atoms with Crippen molar-refractivity contribution >= 4 is 18.2 Å². The fraction of sp³-hybridized carbons (Fsp3) is 0.929. The number of morpholine rings is 1. The van der Waals surface area contributed by atoms with Crippen LogP contribution in [0.4, 0.5) is 9.59 Å². The van der Waals surface area contributed by atoms with E-state index >= 15 is 0 Å². The first-order chi connectivity index (χ1) is 24.7. The van der Waals surface area contributed by atoms with Gasteiger partial charge in [-0.05, 0) is 135 Å². The second kappa shape index (κ2) is 14.2. The second-order valence-electron chi connectivity index (χ2n) is 19.7. The SMILES string of the molecule is CC(COC(=O)OCCCN1CCOCC1)[C@@H]1CC[C@]2(C(=O)O)CC[C@]3(C)C(CCC4[C@@]5(C)CC[C@@H](OC(=O)NC6CC6)C(C)(C)C5CC[C@]43C)C12. The van der Waals surface area contributed by atoms with E-state index in [1.807, 2.05) is 0 Å². The Morgan fingerprint density at radius 2 is 1.60 bits per heavy atom. The van der Waals surface area contributed by atoms with Gasteiger partial charge in [0.05, 0.1) is 31.8 Å². The third kappa shape index (κ3) is 6.45. The summed E-state index contributed by atoms with van der Waals surface area (Å²) in [7, 11) is 0. The van der Waals surface area contributed by atoms with Gasteiger partial charge in [-0.15, -0.1) is 0 Å². The van der Waals surface area contributed by atoms with Crippen molar-refractivity contribution in [1.29, 1.82) is 0 Å². The number of amides is 1. The molecule has 10 heteroatoms. The lowest BCUT2D eigenvalue weighted by molar-refractivity contribution is -0.249. The van der Waals surface area contributed by atoms with Crippen molar-refractivity contribution < 1.29 is 38.4 Å². The van der Waals surface area contributed by atoms with Crippen molar-refractivity contribution in [1.82, 2.24) is 10.2 Å². The number of fused-ring (bicyclic) bond motifs is 7. The third-order valence-corrected chi connectivity index (χ3v) is 17.1. The fourth-order valence-corrected chi connectivity index (χ4v) is 14.0. The number of nitrogens with zero attached hydrogens (tertiary/aromatic N) is 1. The van der Waals surface area contributed by atoms with Gasteiger partial charge in [-0.25, -0.2) is 9.59 Å². The molecule has 0 bridgehead atoms. The minimum atomic E-state index is -0.703. The van der Waals surface area contributed by atoms with Gasteiger partial charge in [0.25, 0.3) is 0 Å². The Hall–Kier alpha value is -2.07. The molecule has 294 valence electrons. The lowest BCUT2D eigenvalue weighted by Crippen LogP contribution is -2.67. The molecular weight excluding hydrogens is 660 g/mol. The number of alkyl carbamates (subject to hydrolysis) is 1. The van der Waals surface area contributed by atoms with Gasteiger partial charge in [0.1, 0.15) is 6.10 Å². The fourth-order valence-electron chi connectivity index (χ4n) is 14.0. The Bertz CT molecular complexity index is 1350. The molecule has 0 aromatic carbocycles. The number of carboxylic acids is 1. The van der Waals surface area contributed by atoms with E-state index in [0.717, 1.165) is 110 Å². The summed E-state index contributed by atoms with van der Waals surface area (Å²) in [4.78, 5) is 41.1. The Balaban J connectivity index is 1.03. The number of carbonyl (C=O) groups excluding carboxylic acids is 2. The van der Waals surface area contributed by atoms with Crippen LogP contribution < -0.4 is 5.32 Å². The van der Waals surface area contributed by atoms with Crippen LogP contribution in [-0.2, 0) is 23.7 Å². The van der Waals surface area contributed by atoms with Gasteiger partial charge in [-0.3, -0.25) is 9.69 Å². The largest absolute Gasteiger partial charge is 0.508 e. The van der Waals surface area contributed by atoms with Crippen LogP contribution in [0.1, 0.15) is 125 Å². The number of hydrogen-bond acceptors (Lipinski definition) is 8. The number of carboxylic acid groups (broad SMARTS) is 1. The molecule has 6 saturated carbocycles. The summed E-state index contributed by atoms with van der Waals surface area (Å²) in [5.41, 5.74) is -0.564. The molecule has 0 aromatic rings. The Kier molecular flexibility index (Phi) is 10.4. The standard InChI is InChI=1S/C42H68N2O8/c1-27(26-51-37(48)50-23-7-20-44-21-24-49-25-22-44)29-12-17-42(35(45)46)19-18-40(5)30(34(29)42)10-11-32-39(4)15-14-33(52-36(47)43-28-8-9-28)38(2,3)31(39)13-16-41(32,40)6/h27-34H,7-26H2,1-6H3,(H,43,47)(H,45,46)/t27?,29-,30?,31?,32?,33+,34?,39-,40+,41+,42-/m0/s1. The Morgan fingerprint density at radius 3 is 2.31 bits per heavy atom. The minimum absolute atomic E-state index is 0.0255. The van der Waals surface area contributed by atoms with Crippen molar-refractivity contribution in [2.45, 2.75) is 137 Å². The van der Waals surface area contributed by atoms with Crippen LogP contribution in [0.5, 0.6) is 0 Å². The highest BCUT2D eigenvalue weighted by Gasteiger charge is 2.72. The molecule has 1 amide bonds. The second-order valence-corrected chi connectivity index (χ2v) is 19.7. The van der Waals surface area contributed by atoms with Crippen LogP contribution in [0.15, 0.2) is 0 Å². The first-order valence-corrected chi connectivity index (χ1v) is 21.0. The van der Waals surface area contributed by atoms with E-state index in [-0.39, 0.29) is 58.2 Å². The highest BCUT2D eigenvalue weighted by Crippen LogP contribution is 2.77. The number of aliphatic carboxylic acids is 1. The van der Waals surface area contributed by atoms with E-state index in [0.29, 0.717) is 36.8 Å². The first kappa shape index (κ1) is 38.2. The third-order valence-electron chi connectivity index (χ3n) is 17.1. The maximum atomic E-state index is 13.3. The zero-order valence-electron chi connectivity index (χ0n) is 33.0. The highest BCUT2D eigenvalue weighted by atomic mass is 16.7. The maximum Gasteiger partial charge on any atom is 0.508 e. The van der Waals surface area contributed by atoms with E-state index in [1.54, 1.807) is 0 Å². The van der Waals surface area contributed by atoms with Gasteiger partial charge in [-0.2, -0.15) is 0 Å². The molecule has 7 rings (SSSR count). The summed E-state index contributed by atoms with van der Waals surface area (Å²) in [6, 6.07) is 0.290. The molecule has 1 saturated heterocycles. The normalized spacial score (nSPS) is 43.1. The molecule has 1 heterocycles. The molecule has 7 fully saturated rings. The monoisotopic (exact) mass is 728 g/mol. The predicted molar refractivity (Wildman–Crippen MR) is 197 cm³/mol. The molecule has 6 aliphatic carbocycles. The molecule has 0 spiro atoms. The van der Waals surface area contributed by atoms with E-state index in [9.17, 15) is 19.5 Å². The van der Waals surface area contributed by atoms with Gasteiger partial charge in [0.2, 0.25) is 0 Å². The Labute approximate surface area is 312 Å². The van der Waals surface area contributed by atoms with E-state index in [1.165, 1.54) is 0 Å².